The summed E-state index contributed by atoms with van der Waals surface area (Å²) in [6, 6.07) is 27.2. The summed E-state index contributed by atoms with van der Waals surface area (Å²) in [5.74, 6) is 0.440. The second kappa shape index (κ2) is 9.80. The molecule has 1 aromatic heterocycles. The minimum atomic E-state index is -0.528. The lowest BCUT2D eigenvalue weighted by Gasteiger charge is -2.24. The number of carbonyl (C=O) groups is 1. The summed E-state index contributed by atoms with van der Waals surface area (Å²) in [4.78, 5) is 19.3. The molecule has 176 valence electrons. The summed E-state index contributed by atoms with van der Waals surface area (Å²) in [5.41, 5.74) is 5.72. The number of benzene rings is 3. The van der Waals surface area contributed by atoms with Crippen LogP contribution in [0.15, 0.2) is 91.1 Å². The Labute approximate surface area is 209 Å². The van der Waals surface area contributed by atoms with Crippen molar-refractivity contribution in [3.63, 3.8) is 0 Å². The van der Waals surface area contributed by atoms with Gasteiger partial charge in [-0.1, -0.05) is 72.3 Å². The van der Waals surface area contributed by atoms with Crippen LogP contribution in [0.25, 0.3) is 11.1 Å². The fourth-order valence-corrected chi connectivity index (χ4v) is 4.67. The van der Waals surface area contributed by atoms with Gasteiger partial charge in [-0.3, -0.25) is 0 Å². The van der Waals surface area contributed by atoms with E-state index >= 15 is 0 Å². The molecule has 0 bridgehead atoms. The van der Waals surface area contributed by atoms with Crippen LogP contribution in [0, 0.1) is 0 Å². The molecule has 4 aromatic rings. The minimum Gasteiger partial charge on any atom is -0.475 e. The number of halogens is 1. The molecule has 1 aliphatic rings. The Morgan fingerprint density at radius 2 is 1.54 bits per heavy atom. The predicted octanol–water partition coefficient (Wildman–Crippen LogP) is 7.61. The first-order chi connectivity index (χ1) is 17.0. The highest BCUT2D eigenvalue weighted by Crippen LogP contribution is 2.44. The number of para-hydroxylation sites is 1. The van der Waals surface area contributed by atoms with Crippen LogP contribution in [0.5, 0.6) is 5.88 Å². The van der Waals surface area contributed by atoms with E-state index in [9.17, 15) is 4.79 Å². The zero-order valence-corrected chi connectivity index (χ0v) is 20.3. The SMILES string of the molecule is CC(C)Oc1ccc(N(C(=O)OCC2c3ccccc3-c3ccccc32)c2ccccc2Cl)cn1. The molecule has 6 heteroatoms. The van der Waals surface area contributed by atoms with Crippen molar-refractivity contribution in [3.05, 3.63) is 107 Å². The van der Waals surface area contributed by atoms with E-state index < -0.39 is 6.09 Å². The summed E-state index contributed by atoms with van der Waals surface area (Å²) in [5, 5.41) is 0.434. The van der Waals surface area contributed by atoms with Crippen molar-refractivity contribution < 1.29 is 14.3 Å². The Morgan fingerprint density at radius 1 is 0.914 bits per heavy atom. The molecule has 1 aliphatic carbocycles. The van der Waals surface area contributed by atoms with Gasteiger partial charge < -0.3 is 9.47 Å². The van der Waals surface area contributed by atoms with Crippen molar-refractivity contribution in [1.29, 1.82) is 0 Å². The number of anilines is 2. The first-order valence-electron chi connectivity index (χ1n) is 11.6. The van der Waals surface area contributed by atoms with Gasteiger partial charge in [0.1, 0.15) is 6.61 Å². The van der Waals surface area contributed by atoms with E-state index in [1.54, 1.807) is 30.5 Å². The zero-order chi connectivity index (χ0) is 24.4. The number of nitrogens with zero attached hydrogens (tertiary/aromatic N) is 2. The van der Waals surface area contributed by atoms with Crippen LogP contribution in [-0.2, 0) is 4.74 Å². The molecule has 0 N–H and O–H groups in total. The van der Waals surface area contributed by atoms with Gasteiger partial charge in [0, 0.05) is 12.0 Å². The molecule has 1 heterocycles. The van der Waals surface area contributed by atoms with E-state index in [4.69, 9.17) is 21.1 Å². The van der Waals surface area contributed by atoms with Crippen molar-refractivity contribution in [1.82, 2.24) is 4.98 Å². The standard InChI is InChI=1S/C29H25ClN2O3/c1-19(2)35-28-16-15-20(17-31-28)32(27-14-8-7-13-26(27)30)29(33)34-18-25-23-11-5-3-9-21(23)22-10-4-6-12-24(22)25/h3-17,19,25H,18H2,1-2H3. The Balaban J connectivity index is 1.44. The summed E-state index contributed by atoms with van der Waals surface area (Å²) in [6.45, 7) is 4.07. The second-order valence-corrected chi connectivity index (χ2v) is 9.02. The van der Waals surface area contributed by atoms with E-state index in [0.29, 0.717) is 22.3 Å². The summed E-state index contributed by atoms with van der Waals surface area (Å²) in [6.07, 6.45) is 1.05. The average Bonchev–Trinajstić information content (AvgIpc) is 3.18. The van der Waals surface area contributed by atoms with Crippen LogP contribution in [0.4, 0.5) is 16.2 Å². The molecule has 0 fully saturated rings. The predicted molar refractivity (Wildman–Crippen MR) is 139 cm³/mol. The van der Waals surface area contributed by atoms with Crippen LogP contribution < -0.4 is 9.64 Å². The second-order valence-electron chi connectivity index (χ2n) is 8.61. The van der Waals surface area contributed by atoms with Crippen molar-refractivity contribution in [2.45, 2.75) is 25.9 Å². The molecule has 0 saturated heterocycles. The number of hydrogen-bond acceptors (Lipinski definition) is 4. The van der Waals surface area contributed by atoms with Crippen LogP contribution in [0.2, 0.25) is 5.02 Å². The van der Waals surface area contributed by atoms with Crippen molar-refractivity contribution >= 4 is 29.1 Å². The molecule has 0 aliphatic heterocycles. The topological polar surface area (TPSA) is 51.7 Å². The van der Waals surface area contributed by atoms with Crippen molar-refractivity contribution in [3.8, 4) is 17.0 Å². The number of amides is 1. The van der Waals surface area contributed by atoms with Crippen LogP contribution in [0.3, 0.4) is 0 Å². The van der Waals surface area contributed by atoms with Gasteiger partial charge in [-0.2, -0.15) is 0 Å². The van der Waals surface area contributed by atoms with Gasteiger partial charge >= 0.3 is 6.09 Å². The first kappa shape index (κ1) is 22.9. The van der Waals surface area contributed by atoms with Gasteiger partial charge in [0.15, 0.2) is 0 Å². The third-order valence-electron chi connectivity index (χ3n) is 5.95. The van der Waals surface area contributed by atoms with Crippen molar-refractivity contribution in [2.24, 2.45) is 0 Å². The lowest BCUT2D eigenvalue weighted by atomic mass is 9.98. The molecule has 5 nitrogen and oxygen atoms in total. The largest absolute Gasteiger partial charge is 0.475 e. The van der Waals surface area contributed by atoms with Crippen LogP contribution in [-0.4, -0.2) is 23.8 Å². The van der Waals surface area contributed by atoms with Crippen LogP contribution in [0.1, 0.15) is 30.9 Å². The van der Waals surface area contributed by atoms with Gasteiger partial charge in [-0.15, -0.1) is 0 Å². The van der Waals surface area contributed by atoms with Gasteiger partial charge in [0.2, 0.25) is 5.88 Å². The quantitative estimate of drug-likeness (QED) is 0.282. The van der Waals surface area contributed by atoms with Crippen molar-refractivity contribution in [2.75, 3.05) is 11.5 Å². The summed E-state index contributed by atoms with van der Waals surface area (Å²) < 4.78 is 11.6. The first-order valence-corrected chi connectivity index (χ1v) is 11.9. The molecule has 0 saturated carbocycles. The summed E-state index contributed by atoms with van der Waals surface area (Å²) in [7, 11) is 0. The molecule has 0 spiro atoms. The third-order valence-corrected chi connectivity index (χ3v) is 6.27. The number of aromatic nitrogens is 1. The Kier molecular flexibility index (Phi) is 6.43. The lowest BCUT2D eigenvalue weighted by molar-refractivity contribution is 0.153. The molecule has 3 aromatic carbocycles. The summed E-state index contributed by atoms with van der Waals surface area (Å²) >= 11 is 6.48. The molecular formula is C29H25ClN2O3. The highest BCUT2D eigenvalue weighted by atomic mass is 35.5. The number of fused-ring (bicyclic) bond motifs is 3. The molecule has 35 heavy (non-hydrogen) atoms. The van der Waals surface area contributed by atoms with Gasteiger partial charge in [-0.25, -0.2) is 14.7 Å². The molecule has 0 atom stereocenters. The number of pyridine rings is 1. The highest BCUT2D eigenvalue weighted by molar-refractivity contribution is 6.34. The van der Waals surface area contributed by atoms with Gasteiger partial charge in [0.05, 0.1) is 28.7 Å². The monoisotopic (exact) mass is 484 g/mol. The van der Waals surface area contributed by atoms with Gasteiger partial charge in [-0.05, 0) is 54.3 Å². The van der Waals surface area contributed by atoms with E-state index in [1.807, 2.05) is 50.2 Å². The van der Waals surface area contributed by atoms with E-state index in [1.165, 1.54) is 16.0 Å². The maximum absolute atomic E-state index is 13.5. The molecule has 0 radical (unpaired) electrons. The fraction of sp³-hybridized carbons (Fsp3) is 0.172. The highest BCUT2D eigenvalue weighted by Gasteiger charge is 2.30. The third kappa shape index (κ3) is 4.60. The molecule has 0 unspecified atom stereocenters. The lowest BCUT2D eigenvalue weighted by Crippen LogP contribution is -2.28. The minimum absolute atomic E-state index is 0.00449. The zero-order valence-electron chi connectivity index (χ0n) is 19.5. The average molecular weight is 485 g/mol. The number of hydrogen-bond donors (Lipinski definition) is 0. The number of carbonyl (C=O) groups excluding carboxylic acids is 1. The van der Waals surface area contributed by atoms with Gasteiger partial charge in [0.25, 0.3) is 0 Å². The normalized spacial score (nSPS) is 12.2. The fourth-order valence-electron chi connectivity index (χ4n) is 4.45. The smallest absolute Gasteiger partial charge is 0.419 e. The number of ether oxygens (including phenoxy) is 2. The molecular weight excluding hydrogens is 460 g/mol. The Bertz CT molecular complexity index is 1310. The Morgan fingerprint density at radius 3 is 2.14 bits per heavy atom. The molecule has 1 amide bonds. The maximum atomic E-state index is 13.5. The maximum Gasteiger partial charge on any atom is 0.419 e. The van der Waals surface area contributed by atoms with E-state index in [-0.39, 0.29) is 18.6 Å². The number of rotatable bonds is 6. The van der Waals surface area contributed by atoms with E-state index in [0.717, 1.165) is 11.1 Å². The van der Waals surface area contributed by atoms with E-state index in [2.05, 4.69) is 29.2 Å². The Hall–Kier alpha value is -3.83. The van der Waals surface area contributed by atoms with Crippen LogP contribution >= 0.6 is 11.6 Å². The molecule has 5 rings (SSSR count).